The molecular weight excluding hydrogens is 386 g/mol. The summed E-state index contributed by atoms with van der Waals surface area (Å²) in [6, 6.07) is 13.3. The monoisotopic (exact) mass is 411 g/mol. The molecular formula is C23H26ClN3O2. The van der Waals surface area contributed by atoms with Gasteiger partial charge in [0, 0.05) is 35.6 Å². The average Bonchev–Trinajstić information content (AvgIpc) is 3.12. The molecule has 3 aromatic rings. The molecule has 0 aliphatic carbocycles. The average molecular weight is 412 g/mol. The van der Waals surface area contributed by atoms with E-state index in [1.807, 2.05) is 67.9 Å². The van der Waals surface area contributed by atoms with Crippen LogP contribution in [0.2, 0.25) is 5.02 Å². The maximum Gasteiger partial charge on any atom is 0.251 e. The number of rotatable bonds is 8. The number of carbonyl (C=O) groups is 1. The van der Waals surface area contributed by atoms with Crippen molar-refractivity contribution < 1.29 is 9.53 Å². The Labute approximate surface area is 176 Å². The highest BCUT2D eigenvalue weighted by atomic mass is 35.5. The lowest BCUT2D eigenvalue weighted by molar-refractivity contribution is 0.0952. The van der Waals surface area contributed by atoms with Crippen LogP contribution in [-0.2, 0) is 13.2 Å². The van der Waals surface area contributed by atoms with Gasteiger partial charge in [-0.2, -0.15) is 5.10 Å². The molecule has 6 heteroatoms. The molecule has 0 bridgehead atoms. The van der Waals surface area contributed by atoms with Gasteiger partial charge in [-0.3, -0.25) is 9.48 Å². The van der Waals surface area contributed by atoms with Gasteiger partial charge in [-0.1, -0.05) is 23.7 Å². The molecule has 3 rings (SSSR count). The second kappa shape index (κ2) is 9.61. The summed E-state index contributed by atoms with van der Waals surface area (Å²) in [7, 11) is 0. The molecule has 0 atom stereocenters. The number of nitrogens with zero attached hydrogens (tertiary/aromatic N) is 2. The second-order valence-electron chi connectivity index (χ2n) is 7.16. The summed E-state index contributed by atoms with van der Waals surface area (Å²) in [5.74, 6) is 0.720. The fourth-order valence-electron chi connectivity index (χ4n) is 3.07. The highest BCUT2D eigenvalue weighted by Crippen LogP contribution is 2.26. The minimum absolute atomic E-state index is 0.0707. The number of nitrogens with one attached hydrogen (secondary N) is 1. The van der Waals surface area contributed by atoms with Crippen molar-refractivity contribution in [3.8, 4) is 5.75 Å². The maximum atomic E-state index is 12.3. The van der Waals surface area contributed by atoms with Crippen LogP contribution >= 0.6 is 11.6 Å². The molecule has 1 heterocycles. The smallest absolute Gasteiger partial charge is 0.251 e. The third-order valence-electron chi connectivity index (χ3n) is 4.79. The number of aryl methyl sites for hydroxylation is 4. The van der Waals surface area contributed by atoms with E-state index in [0.29, 0.717) is 18.7 Å². The third kappa shape index (κ3) is 5.61. The number of hydrogen-bond acceptors (Lipinski definition) is 3. The van der Waals surface area contributed by atoms with Crippen molar-refractivity contribution in [3.63, 3.8) is 0 Å². The lowest BCUT2D eigenvalue weighted by Gasteiger charge is -2.11. The lowest BCUT2D eigenvalue weighted by atomic mass is 10.1. The molecule has 5 nitrogen and oxygen atoms in total. The Morgan fingerprint density at radius 3 is 2.41 bits per heavy atom. The van der Waals surface area contributed by atoms with Gasteiger partial charge in [-0.25, -0.2) is 0 Å². The number of aromatic nitrogens is 2. The van der Waals surface area contributed by atoms with Gasteiger partial charge in [0.25, 0.3) is 5.91 Å². The molecule has 1 aromatic heterocycles. The van der Waals surface area contributed by atoms with Crippen LogP contribution < -0.4 is 10.1 Å². The maximum absolute atomic E-state index is 12.3. The SMILES string of the molecule is Cc1cc(OCc2ccc(C(=O)NCCCn3nccc3C)cc2)cc(C)c1Cl. The summed E-state index contributed by atoms with van der Waals surface area (Å²) < 4.78 is 7.80. The van der Waals surface area contributed by atoms with Crippen molar-refractivity contribution in [2.24, 2.45) is 0 Å². The molecule has 0 aliphatic rings. The fraction of sp³-hybridized carbons (Fsp3) is 0.304. The van der Waals surface area contributed by atoms with Gasteiger partial charge >= 0.3 is 0 Å². The molecule has 1 amide bonds. The Bertz CT molecular complexity index is 957. The van der Waals surface area contributed by atoms with Gasteiger partial charge in [0.15, 0.2) is 0 Å². The van der Waals surface area contributed by atoms with Crippen LogP contribution in [0.25, 0.3) is 0 Å². The molecule has 0 radical (unpaired) electrons. The summed E-state index contributed by atoms with van der Waals surface area (Å²) in [5.41, 5.74) is 4.76. The molecule has 0 saturated carbocycles. The van der Waals surface area contributed by atoms with E-state index in [1.165, 1.54) is 0 Å². The minimum atomic E-state index is -0.0707. The van der Waals surface area contributed by atoms with Crippen LogP contribution in [0.15, 0.2) is 48.7 Å². The van der Waals surface area contributed by atoms with Gasteiger partial charge in [0.2, 0.25) is 0 Å². The number of ether oxygens (including phenoxy) is 1. The fourth-order valence-corrected chi connectivity index (χ4v) is 3.18. The predicted octanol–water partition coefficient (Wildman–Crippen LogP) is 4.86. The van der Waals surface area contributed by atoms with E-state index in [0.717, 1.165) is 46.1 Å². The van der Waals surface area contributed by atoms with Crippen molar-refractivity contribution in [1.82, 2.24) is 15.1 Å². The van der Waals surface area contributed by atoms with Crippen LogP contribution in [0.3, 0.4) is 0 Å². The Balaban J connectivity index is 1.46. The quantitative estimate of drug-likeness (QED) is 0.538. The van der Waals surface area contributed by atoms with Crippen molar-refractivity contribution in [2.45, 2.75) is 40.3 Å². The summed E-state index contributed by atoms with van der Waals surface area (Å²) in [6.07, 6.45) is 2.62. The van der Waals surface area contributed by atoms with Crippen LogP contribution in [0.1, 0.15) is 39.2 Å². The first-order chi connectivity index (χ1) is 13.9. The number of hydrogen-bond donors (Lipinski definition) is 1. The normalized spacial score (nSPS) is 10.8. The van der Waals surface area contributed by atoms with Crippen LogP contribution in [0.5, 0.6) is 5.75 Å². The van der Waals surface area contributed by atoms with E-state index in [2.05, 4.69) is 10.4 Å². The number of halogens is 1. The standard InChI is InChI=1S/C23H26ClN3O2/c1-16-13-21(14-17(2)22(16)24)29-15-19-5-7-20(8-6-19)23(28)25-10-4-12-27-18(3)9-11-26-27/h5-9,11,13-14H,4,10,12,15H2,1-3H3,(H,25,28). The van der Waals surface area contributed by atoms with Crippen molar-refractivity contribution in [3.05, 3.63) is 81.6 Å². The van der Waals surface area contributed by atoms with Crippen molar-refractivity contribution in [1.29, 1.82) is 0 Å². The summed E-state index contributed by atoms with van der Waals surface area (Å²) in [4.78, 5) is 12.3. The largest absolute Gasteiger partial charge is 0.489 e. The van der Waals surface area contributed by atoms with Crippen LogP contribution in [0.4, 0.5) is 0 Å². The van der Waals surface area contributed by atoms with E-state index in [4.69, 9.17) is 16.3 Å². The van der Waals surface area contributed by atoms with E-state index >= 15 is 0 Å². The summed E-state index contributed by atoms with van der Waals surface area (Å²) in [6.45, 7) is 7.78. The van der Waals surface area contributed by atoms with Crippen molar-refractivity contribution in [2.75, 3.05) is 6.54 Å². The molecule has 152 valence electrons. The highest BCUT2D eigenvalue weighted by molar-refractivity contribution is 6.32. The molecule has 1 N–H and O–H groups in total. The molecule has 0 fully saturated rings. The minimum Gasteiger partial charge on any atom is -0.489 e. The van der Waals surface area contributed by atoms with E-state index in [-0.39, 0.29) is 5.91 Å². The Morgan fingerprint density at radius 2 is 1.79 bits per heavy atom. The van der Waals surface area contributed by atoms with Crippen LogP contribution in [-0.4, -0.2) is 22.2 Å². The topological polar surface area (TPSA) is 56.1 Å². The molecule has 0 unspecified atom stereocenters. The Hall–Kier alpha value is -2.79. The zero-order valence-corrected chi connectivity index (χ0v) is 17.8. The summed E-state index contributed by atoms with van der Waals surface area (Å²) >= 11 is 6.19. The van der Waals surface area contributed by atoms with Gasteiger partial charge in [0.05, 0.1) is 0 Å². The van der Waals surface area contributed by atoms with E-state index < -0.39 is 0 Å². The first-order valence-corrected chi connectivity index (χ1v) is 10.1. The van der Waals surface area contributed by atoms with Gasteiger partial charge in [0.1, 0.15) is 12.4 Å². The predicted molar refractivity (Wildman–Crippen MR) is 116 cm³/mol. The molecule has 2 aromatic carbocycles. The van der Waals surface area contributed by atoms with Gasteiger partial charge < -0.3 is 10.1 Å². The lowest BCUT2D eigenvalue weighted by Crippen LogP contribution is -2.25. The zero-order chi connectivity index (χ0) is 20.8. The van der Waals surface area contributed by atoms with Gasteiger partial charge in [-0.05, 0) is 74.2 Å². The summed E-state index contributed by atoms with van der Waals surface area (Å²) in [5, 5.41) is 7.96. The first kappa shape index (κ1) is 20.9. The number of amides is 1. The van der Waals surface area contributed by atoms with Crippen molar-refractivity contribution >= 4 is 17.5 Å². The van der Waals surface area contributed by atoms with E-state index in [1.54, 1.807) is 6.20 Å². The molecule has 0 spiro atoms. The molecule has 0 saturated heterocycles. The highest BCUT2D eigenvalue weighted by Gasteiger charge is 2.07. The third-order valence-corrected chi connectivity index (χ3v) is 5.39. The second-order valence-corrected chi connectivity index (χ2v) is 7.54. The van der Waals surface area contributed by atoms with Crippen LogP contribution in [0, 0.1) is 20.8 Å². The molecule has 29 heavy (non-hydrogen) atoms. The number of carbonyl (C=O) groups excluding carboxylic acids is 1. The van der Waals surface area contributed by atoms with Gasteiger partial charge in [-0.15, -0.1) is 0 Å². The zero-order valence-electron chi connectivity index (χ0n) is 17.0. The van der Waals surface area contributed by atoms with E-state index in [9.17, 15) is 4.79 Å². The first-order valence-electron chi connectivity index (χ1n) is 9.69. The molecule has 0 aliphatic heterocycles. The Kier molecular flexibility index (Phi) is 6.94. The number of benzene rings is 2. The Morgan fingerprint density at radius 1 is 1.10 bits per heavy atom.